The SMILES string of the molecule is CCc1ccc([C@H](C)NC(=O)CN2C(=O)N[C@]3(CCCc4sccc43)C2=O)cc1. The van der Waals surface area contributed by atoms with E-state index in [4.69, 9.17) is 0 Å². The van der Waals surface area contributed by atoms with Gasteiger partial charge in [-0.15, -0.1) is 11.3 Å². The predicted molar refractivity (Wildman–Crippen MR) is 112 cm³/mol. The van der Waals surface area contributed by atoms with Gasteiger partial charge in [0.1, 0.15) is 12.1 Å². The van der Waals surface area contributed by atoms with Crippen LogP contribution < -0.4 is 10.6 Å². The number of amides is 4. The number of rotatable bonds is 5. The number of nitrogens with one attached hydrogen (secondary N) is 2. The molecule has 2 atom stereocenters. The molecule has 29 heavy (non-hydrogen) atoms. The van der Waals surface area contributed by atoms with E-state index < -0.39 is 11.6 Å². The van der Waals surface area contributed by atoms with E-state index in [0.29, 0.717) is 6.42 Å². The molecule has 4 rings (SSSR count). The summed E-state index contributed by atoms with van der Waals surface area (Å²) in [5.74, 6) is -0.670. The number of carbonyl (C=O) groups is 3. The standard InChI is InChI=1S/C22H25N3O3S/c1-3-15-6-8-16(9-7-15)14(2)23-19(26)13-25-20(27)22(24-21(25)28)11-4-5-18-17(22)10-12-29-18/h6-10,12,14H,3-5,11,13H2,1-2H3,(H,23,26)(H,24,28)/t14-,22-/m0/s1. The molecule has 1 spiro atoms. The van der Waals surface area contributed by atoms with Crippen LogP contribution in [-0.4, -0.2) is 29.3 Å². The fourth-order valence-electron chi connectivity index (χ4n) is 4.24. The van der Waals surface area contributed by atoms with Crippen molar-refractivity contribution in [1.29, 1.82) is 0 Å². The normalized spacial score (nSPS) is 21.8. The second-order valence-electron chi connectivity index (χ2n) is 7.72. The molecular formula is C22H25N3O3S. The first-order chi connectivity index (χ1) is 13.9. The first kappa shape index (κ1) is 19.6. The van der Waals surface area contributed by atoms with E-state index in [-0.39, 0.29) is 24.4 Å². The molecular weight excluding hydrogens is 386 g/mol. The molecule has 1 aliphatic heterocycles. The lowest BCUT2D eigenvalue weighted by molar-refractivity contribution is -0.135. The number of imide groups is 1. The highest BCUT2D eigenvalue weighted by Crippen LogP contribution is 2.42. The molecule has 0 bridgehead atoms. The van der Waals surface area contributed by atoms with Gasteiger partial charge in [0.2, 0.25) is 5.91 Å². The molecule has 2 N–H and O–H groups in total. The highest BCUT2D eigenvalue weighted by molar-refractivity contribution is 7.10. The number of hydrogen-bond donors (Lipinski definition) is 2. The van der Waals surface area contributed by atoms with Crippen LogP contribution in [0.1, 0.15) is 54.3 Å². The van der Waals surface area contributed by atoms with Crippen molar-refractivity contribution in [1.82, 2.24) is 15.5 Å². The molecule has 0 unspecified atom stereocenters. The lowest BCUT2D eigenvalue weighted by atomic mass is 9.80. The smallest absolute Gasteiger partial charge is 0.325 e. The van der Waals surface area contributed by atoms with Gasteiger partial charge in [0.05, 0.1) is 6.04 Å². The maximum Gasteiger partial charge on any atom is 0.325 e. The number of benzene rings is 1. The molecule has 1 aliphatic carbocycles. The van der Waals surface area contributed by atoms with Crippen molar-refractivity contribution in [3.63, 3.8) is 0 Å². The molecule has 2 heterocycles. The zero-order valence-electron chi connectivity index (χ0n) is 16.7. The summed E-state index contributed by atoms with van der Waals surface area (Å²) >= 11 is 1.61. The van der Waals surface area contributed by atoms with Crippen LogP contribution in [0.3, 0.4) is 0 Å². The number of carbonyl (C=O) groups excluding carboxylic acids is 3. The highest BCUT2D eigenvalue weighted by Gasteiger charge is 2.54. The number of fused-ring (bicyclic) bond motifs is 2. The number of aryl methyl sites for hydroxylation is 2. The van der Waals surface area contributed by atoms with E-state index in [1.54, 1.807) is 11.3 Å². The number of nitrogens with zero attached hydrogens (tertiary/aromatic N) is 1. The number of urea groups is 1. The Morgan fingerprint density at radius 1 is 1.28 bits per heavy atom. The van der Waals surface area contributed by atoms with Crippen LogP contribution in [0.5, 0.6) is 0 Å². The Balaban J connectivity index is 1.45. The van der Waals surface area contributed by atoms with Crippen molar-refractivity contribution in [3.8, 4) is 0 Å². The van der Waals surface area contributed by atoms with Crippen LogP contribution in [0.25, 0.3) is 0 Å². The minimum absolute atomic E-state index is 0.207. The topological polar surface area (TPSA) is 78.5 Å². The molecule has 4 amide bonds. The summed E-state index contributed by atoms with van der Waals surface area (Å²) in [5.41, 5.74) is 2.10. The number of thiophene rings is 1. The summed E-state index contributed by atoms with van der Waals surface area (Å²) in [5, 5.41) is 7.73. The van der Waals surface area contributed by atoms with Gasteiger partial charge in [-0.05, 0) is 55.2 Å². The lowest BCUT2D eigenvalue weighted by Crippen LogP contribution is -2.47. The summed E-state index contributed by atoms with van der Waals surface area (Å²) in [6, 6.07) is 9.29. The Kier molecular flexibility index (Phi) is 5.17. The molecule has 0 saturated carbocycles. The summed E-state index contributed by atoms with van der Waals surface area (Å²) in [7, 11) is 0. The molecule has 1 saturated heterocycles. The third kappa shape index (κ3) is 3.44. The maximum atomic E-state index is 13.2. The van der Waals surface area contributed by atoms with Gasteiger partial charge in [0, 0.05) is 10.4 Å². The Morgan fingerprint density at radius 2 is 2.03 bits per heavy atom. The van der Waals surface area contributed by atoms with Gasteiger partial charge in [-0.25, -0.2) is 4.79 Å². The molecule has 2 aromatic rings. The third-order valence-corrected chi connectivity index (χ3v) is 6.88. The largest absolute Gasteiger partial charge is 0.348 e. The van der Waals surface area contributed by atoms with Gasteiger partial charge in [0.15, 0.2) is 0 Å². The maximum absolute atomic E-state index is 13.2. The quantitative estimate of drug-likeness (QED) is 0.741. The molecule has 7 heteroatoms. The first-order valence-corrected chi connectivity index (χ1v) is 10.9. The van der Waals surface area contributed by atoms with Crippen molar-refractivity contribution in [2.24, 2.45) is 0 Å². The van der Waals surface area contributed by atoms with Gasteiger partial charge in [0.25, 0.3) is 5.91 Å². The fourth-order valence-corrected chi connectivity index (χ4v) is 5.24. The Morgan fingerprint density at radius 3 is 2.76 bits per heavy atom. The first-order valence-electron chi connectivity index (χ1n) is 10.0. The highest BCUT2D eigenvalue weighted by atomic mass is 32.1. The zero-order chi connectivity index (χ0) is 20.6. The van der Waals surface area contributed by atoms with Crippen LogP contribution in [0, 0.1) is 0 Å². The van der Waals surface area contributed by atoms with Crippen molar-refractivity contribution in [2.75, 3.05) is 6.54 Å². The van der Waals surface area contributed by atoms with Crippen LogP contribution in [-0.2, 0) is 28.0 Å². The summed E-state index contributed by atoms with van der Waals surface area (Å²) in [4.78, 5) is 40.5. The van der Waals surface area contributed by atoms with Gasteiger partial charge in [-0.1, -0.05) is 31.2 Å². The van der Waals surface area contributed by atoms with Crippen LogP contribution in [0.15, 0.2) is 35.7 Å². The van der Waals surface area contributed by atoms with Crippen LogP contribution in [0.2, 0.25) is 0 Å². The van der Waals surface area contributed by atoms with Gasteiger partial charge in [-0.3, -0.25) is 14.5 Å². The number of hydrogen-bond acceptors (Lipinski definition) is 4. The predicted octanol–water partition coefficient (Wildman–Crippen LogP) is 3.27. The Bertz CT molecular complexity index is 952. The zero-order valence-corrected chi connectivity index (χ0v) is 17.5. The second kappa shape index (κ2) is 7.63. The third-order valence-electron chi connectivity index (χ3n) is 5.90. The lowest BCUT2D eigenvalue weighted by Gasteiger charge is -2.31. The van der Waals surface area contributed by atoms with Crippen molar-refractivity contribution in [3.05, 3.63) is 57.3 Å². The summed E-state index contributed by atoms with van der Waals surface area (Å²) in [6.07, 6.45) is 3.29. The average molecular weight is 412 g/mol. The van der Waals surface area contributed by atoms with Crippen molar-refractivity contribution < 1.29 is 14.4 Å². The molecule has 0 radical (unpaired) electrons. The van der Waals surface area contributed by atoms with E-state index in [1.807, 2.05) is 42.6 Å². The molecule has 6 nitrogen and oxygen atoms in total. The van der Waals surface area contributed by atoms with E-state index in [0.717, 1.165) is 40.2 Å². The van der Waals surface area contributed by atoms with E-state index in [2.05, 4.69) is 17.6 Å². The van der Waals surface area contributed by atoms with Gasteiger partial charge < -0.3 is 10.6 Å². The van der Waals surface area contributed by atoms with Crippen molar-refractivity contribution >= 4 is 29.2 Å². The van der Waals surface area contributed by atoms with E-state index >= 15 is 0 Å². The monoisotopic (exact) mass is 411 g/mol. The summed E-state index contributed by atoms with van der Waals surface area (Å²) in [6.45, 7) is 3.71. The fraction of sp³-hybridized carbons (Fsp3) is 0.409. The Labute approximate surface area is 174 Å². The summed E-state index contributed by atoms with van der Waals surface area (Å²) < 4.78 is 0. The minimum Gasteiger partial charge on any atom is -0.348 e. The van der Waals surface area contributed by atoms with E-state index in [1.165, 1.54) is 5.56 Å². The molecule has 1 fully saturated rings. The molecule has 1 aromatic carbocycles. The molecule has 2 aliphatic rings. The Hall–Kier alpha value is -2.67. The van der Waals surface area contributed by atoms with E-state index in [9.17, 15) is 14.4 Å². The van der Waals surface area contributed by atoms with Gasteiger partial charge >= 0.3 is 6.03 Å². The average Bonchev–Trinajstić information content (AvgIpc) is 3.29. The van der Waals surface area contributed by atoms with Crippen LogP contribution >= 0.6 is 11.3 Å². The van der Waals surface area contributed by atoms with Gasteiger partial charge in [-0.2, -0.15) is 0 Å². The minimum atomic E-state index is -1.01. The second-order valence-corrected chi connectivity index (χ2v) is 8.72. The molecule has 1 aromatic heterocycles. The molecule has 152 valence electrons. The van der Waals surface area contributed by atoms with Crippen molar-refractivity contribution in [2.45, 2.75) is 51.1 Å². The van der Waals surface area contributed by atoms with Crippen LogP contribution in [0.4, 0.5) is 4.79 Å².